The van der Waals surface area contributed by atoms with Crippen LogP contribution in [0, 0.1) is 13.8 Å². The molecule has 0 atom stereocenters. The standard InChI is InChI=1S/C19H18N4O2S/c1-11-16(12(2)23(22-11)14-6-4-3-5-7-14)17(24)18(25)21-19-20-15(10-26-19)13-8-9-13/h3-7,10,13H,8-9H2,1-2H3,(H,20,21,25). The zero-order valence-electron chi connectivity index (χ0n) is 14.5. The Balaban J connectivity index is 1.57. The number of amides is 1. The van der Waals surface area contributed by atoms with Gasteiger partial charge in [0.1, 0.15) is 0 Å². The van der Waals surface area contributed by atoms with E-state index in [-0.39, 0.29) is 0 Å². The number of hydrogen-bond donors (Lipinski definition) is 1. The number of rotatable bonds is 5. The Morgan fingerprint density at radius 1 is 1.19 bits per heavy atom. The summed E-state index contributed by atoms with van der Waals surface area (Å²) in [5.41, 5.74) is 3.37. The van der Waals surface area contributed by atoms with Crippen LogP contribution in [0.3, 0.4) is 0 Å². The van der Waals surface area contributed by atoms with Crippen molar-refractivity contribution in [2.75, 3.05) is 5.32 Å². The normalized spacial score (nSPS) is 13.6. The molecule has 2 heterocycles. The fraction of sp³-hybridized carbons (Fsp3) is 0.263. The van der Waals surface area contributed by atoms with E-state index in [2.05, 4.69) is 15.4 Å². The number of Topliss-reactive ketones (excluding diaryl/α,β-unsaturated/α-hetero) is 1. The molecule has 4 rings (SSSR count). The number of thiazole rings is 1. The van der Waals surface area contributed by atoms with Crippen molar-refractivity contribution in [1.82, 2.24) is 14.8 Å². The molecular weight excluding hydrogens is 348 g/mol. The number of aromatic nitrogens is 3. The zero-order chi connectivity index (χ0) is 18.3. The van der Waals surface area contributed by atoms with Gasteiger partial charge in [-0.3, -0.25) is 14.9 Å². The van der Waals surface area contributed by atoms with Crippen molar-refractivity contribution >= 4 is 28.2 Å². The van der Waals surface area contributed by atoms with Crippen molar-refractivity contribution in [2.45, 2.75) is 32.6 Å². The van der Waals surface area contributed by atoms with E-state index in [1.807, 2.05) is 35.7 Å². The third-order valence-corrected chi connectivity index (χ3v) is 5.24. The Morgan fingerprint density at radius 2 is 1.92 bits per heavy atom. The van der Waals surface area contributed by atoms with Crippen molar-refractivity contribution in [1.29, 1.82) is 0 Å². The first kappa shape index (κ1) is 16.7. The molecule has 0 bridgehead atoms. The molecular formula is C19H18N4O2S. The van der Waals surface area contributed by atoms with Gasteiger partial charge in [0.25, 0.3) is 11.7 Å². The molecule has 6 nitrogen and oxygen atoms in total. The number of hydrogen-bond acceptors (Lipinski definition) is 5. The maximum atomic E-state index is 12.7. The summed E-state index contributed by atoms with van der Waals surface area (Å²) in [5.74, 6) is -0.757. The molecule has 0 radical (unpaired) electrons. The zero-order valence-corrected chi connectivity index (χ0v) is 15.3. The Morgan fingerprint density at radius 3 is 2.62 bits per heavy atom. The average Bonchev–Trinajstić information content (AvgIpc) is 3.32. The van der Waals surface area contributed by atoms with Crippen molar-refractivity contribution in [2.24, 2.45) is 0 Å². The van der Waals surface area contributed by atoms with Gasteiger partial charge in [-0.1, -0.05) is 18.2 Å². The molecule has 1 amide bonds. The number of para-hydroxylation sites is 1. The molecule has 1 aromatic carbocycles. The number of aryl methyl sites for hydroxylation is 1. The fourth-order valence-electron chi connectivity index (χ4n) is 2.97. The maximum Gasteiger partial charge on any atom is 0.298 e. The number of carbonyl (C=O) groups is 2. The molecule has 3 aromatic rings. The second kappa shape index (κ2) is 6.49. The lowest BCUT2D eigenvalue weighted by Crippen LogP contribution is -2.24. The number of anilines is 1. The summed E-state index contributed by atoms with van der Waals surface area (Å²) in [5, 5.41) is 9.47. The molecule has 1 saturated carbocycles. The molecule has 0 aliphatic heterocycles. The van der Waals surface area contributed by atoms with Crippen LogP contribution >= 0.6 is 11.3 Å². The van der Waals surface area contributed by atoms with Crippen LogP contribution in [0.15, 0.2) is 35.7 Å². The molecule has 1 fully saturated rings. The topological polar surface area (TPSA) is 76.9 Å². The molecule has 0 unspecified atom stereocenters. The van der Waals surface area contributed by atoms with Gasteiger partial charge in [0.05, 0.1) is 28.3 Å². The third-order valence-electron chi connectivity index (χ3n) is 4.46. The molecule has 2 aromatic heterocycles. The van der Waals surface area contributed by atoms with E-state index in [1.54, 1.807) is 18.5 Å². The molecule has 0 saturated heterocycles. The van der Waals surface area contributed by atoms with Crippen LogP contribution in [-0.2, 0) is 4.79 Å². The molecule has 1 aliphatic carbocycles. The van der Waals surface area contributed by atoms with Gasteiger partial charge in [-0.2, -0.15) is 5.10 Å². The summed E-state index contributed by atoms with van der Waals surface area (Å²) in [6, 6.07) is 9.53. The van der Waals surface area contributed by atoms with E-state index in [1.165, 1.54) is 11.3 Å². The highest BCUT2D eigenvalue weighted by molar-refractivity contribution is 7.14. The first-order chi connectivity index (χ1) is 12.5. The molecule has 132 valence electrons. The van der Waals surface area contributed by atoms with Gasteiger partial charge >= 0.3 is 0 Å². The van der Waals surface area contributed by atoms with Gasteiger partial charge in [-0.25, -0.2) is 9.67 Å². The lowest BCUT2D eigenvalue weighted by molar-refractivity contribution is -0.112. The summed E-state index contributed by atoms with van der Waals surface area (Å²) < 4.78 is 1.68. The second-order valence-corrected chi connectivity index (χ2v) is 7.29. The molecule has 7 heteroatoms. The van der Waals surface area contributed by atoms with E-state index in [9.17, 15) is 9.59 Å². The number of benzene rings is 1. The van der Waals surface area contributed by atoms with E-state index in [4.69, 9.17) is 0 Å². The summed E-state index contributed by atoms with van der Waals surface area (Å²) in [7, 11) is 0. The Labute approximate surface area is 154 Å². The van der Waals surface area contributed by atoms with E-state index >= 15 is 0 Å². The van der Waals surface area contributed by atoms with Gasteiger partial charge in [0, 0.05) is 11.3 Å². The van der Waals surface area contributed by atoms with Crippen LogP contribution < -0.4 is 5.32 Å². The fourth-order valence-corrected chi connectivity index (χ4v) is 3.76. The Kier molecular flexibility index (Phi) is 4.16. The van der Waals surface area contributed by atoms with Crippen molar-refractivity contribution in [3.63, 3.8) is 0 Å². The molecule has 26 heavy (non-hydrogen) atoms. The summed E-state index contributed by atoms with van der Waals surface area (Å²) in [4.78, 5) is 29.5. The third kappa shape index (κ3) is 3.06. The SMILES string of the molecule is Cc1nn(-c2ccccc2)c(C)c1C(=O)C(=O)Nc1nc(C2CC2)cs1. The highest BCUT2D eigenvalue weighted by Gasteiger charge is 2.28. The predicted octanol–water partition coefficient (Wildman–Crippen LogP) is 3.64. The number of ketones is 1. The lowest BCUT2D eigenvalue weighted by atomic mass is 10.1. The van der Waals surface area contributed by atoms with Crippen LogP contribution in [0.25, 0.3) is 5.69 Å². The highest BCUT2D eigenvalue weighted by Crippen LogP contribution is 2.40. The van der Waals surface area contributed by atoms with Gasteiger partial charge in [0.2, 0.25) is 0 Å². The van der Waals surface area contributed by atoms with Crippen LogP contribution in [0.2, 0.25) is 0 Å². The van der Waals surface area contributed by atoms with Crippen LogP contribution in [0.5, 0.6) is 0 Å². The quantitative estimate of drug-likeness (QED) is 0.552. The average molecular weight is 366 g/mol. The number of carbonyl (C=O) groups excluding carboxylic acids is 2. The van der Waals surface area contributed by atoms with Gasteiger partial charge in [0.15, 0.2) is 5.13 Å². The van der Waals surface area contributed by atoms with Crippen molar-refractivity contribution < 1.29 is 9.59 Å². The minimum absolute atomic E-state index is 0.338. The first-order valence-corrected chi connectivity index (χ1v) is 9.35. The maximum absolute atomic E-state index is 12.7. The van der Waals surface area contributed by atoms with Crippen LogP contribution in [0.4, 0.5) is 5.13 Å². The Bertz CT molecular complexity index is 986. The predicted molar refractivity (Wildman–Crippen MR) is 100 cm³/mol. The second-order valence-electron chi connectivity index (χ2n) is 6.43. The first-order valence-electron chi connectivity index (χ1n) is 8.47. The van der Waals surface area contributed by atoms with Crippen LogP contribution in [0.1, 0.15) is 46.2 Å². The monoisotopic (exact) mass is 366 g/mol. The lowest BCUT2D eigenvalue weighted by Gasteiger charge is -2.05. The molecule has 0 spiro atoms. The van der Waals surface area contributed by atoms with E-state index in [0.717, 1.165) is 24.2 Å². The van der Waals surface area contributed by atoms with Crippen molar-refractivity contribution in [3.8, 4) is 5.69 Å². The van der Waals surface area contributed by atoms with E-state index in [0.29, 0.717) is 28.0 Å². The number of nitrogens with zero attached hydrogens (tertiary/aromatic N) is 3. The smallest absolute Gasteiger partial charge is 0.295 e. The van der Waals surface area contributed by atoms with Crippen LogP contribution in [-0.4, -0.2) is 26.5 Å². The van der Waals surface area contributed by atoms with Crippen molar-refractivity contribution in [3.05, 3.63) is 58.4 Å². The largest absolute Gasteiger partial charge is 0.298 e. The summed E-state index contributed by atoms with van der Waals surface area (Å²) >= 11 is 1.35. The minimum atomic E-state index is -0.680. The number of nitrogens with one attached hydrogen (secondary N) is 1. The molecule has 1 aliphatic rings. The van der Waals surface area contributed by atoms with Gasteiger partial charge < -0.3 is 0 Å². The minimum Gasteiger partial charge on any atom is -0.295 e. The van der Waals surface area contributed by atoms with Gasteiger partial charge in [-0.05, 0) is 38.8 Å². The molecule has 1 N–H and O–H groups in total. The van der Waals surface area contributed by atoms with Gasteiger partial charge in [-0.15, -0.1) is 11.3 Å². The summed E-state index contributed by atoms with van der Waals surface area (Å²) in [6.07, 6.45) is 2.29. The highest BCUT2D eigenvalue weighted by atomic mass is 32.1. The Hall–Kier alpha value is -2.80. The van der Waals surface area contributed by atoms with E-state index < -0.39 is 11.7 Å². The summed E-state index contributed by atoms with van der Waals surface area (Å²) in [6.45, 7) is 3.53.